The van der Waals surface area contributed by atoms with Crippen LogP contribution >= 0.6 is 27.7 Å². The highest BCUT2D eigenvalue weighted by atomic mass is 79.9. The lowest BCUT2D eigenvalue weighted by Gasteiger charge is -2.12. The lowest BCUT2D eigenvalue weighted by molar-refractivity contribution is -0.385. The molecule has 1 aliphatic rings. The first kappa shape index (κ1) is 25.9. The Hall–Kier alpha value is -4.23. The Morgan fingerprint density at radius 2 is 1.92 bits per heavy atom. The number of hydrogen-bond acceptors (Lipinski definition) is 9. The normalized spacial score (nSPS) is 14.1. The van der Waals surface area contributed by atoms with Gasteiger partial charge < -0.3 is 14.8 Å². The van der Waals surface area contributed by atoms with E-state index >= 15 is 0 Å². The zero-order valence-corrected chi connectivity index (χ0v) is 21.4. The van der Waals surface area contributed by atoms with Crippen LogP contribution in [0.4, 0.5) is 16.2 Å². The van der Waals surface area contributed by atoms with E-state index in [1.54, 1.807) is 42.5 Å². The van der Waals surface area contributed by atoms with Gasteiger partial charge in [-0.3, -0.25) is 29.4 Å². The van der Waals surface area contributed by atoms with Crippen LogP contribution in [0.25, 0.3) is 6.08 Å². The number of carbonyl (C=O) groups excluding carboxylic acids is 3. The van der Waals surface area contributed by atoms with E-state index in [0.717, 1.165) is 27.3 Å². The largest absolute Gasteiger partial charge is 0.493 e. The number of rotatable bonds is 8. The average Bonchev–Trinajstić information content (AvgIpc) is 3.13. The highest BCUT2D eigenvalue weighted by molar-refractivity contribution is 9.10. The van der Waals surface area contributed by atoms with Gasteiger partial charge in [-0.05, 0) is 59.8 Å². The van der Waals surface area contributed by atoms with Gasteiger partial charge in [0.1, 0.15) is 12.7 Å². The summed E-state index contributed by atoms with van der Waals surface area (Å²) >= 11 is 4.04. The number of ether oxygens (including phenoxy) is 2. The quantitative estimate of drug-likeness (QED) is 0.214. The number of pyridine rings is 1. The SMILES string of the molecule is COc1cc(/C=C2/SC(=O)N(CC(=O)Nc3ccc(Br)cc3)C2=O)ccc1Oc1ccc([N+](=O)[O-])cn1. The van der Waals surface area contributed by atoms with E-state index in [2.05, 4.69) is 26.2 Å². The average molecular weight is 585 g/mol. The van der Waals surface area contributed by atoms with Crippen LogP contribution in [0.3, 0.4) is 0 Å². The van der Waals surface area contributed by atoms with Crippen LogP contribution in [0.1, 0.15) is 5.56 Å². The van der Waals surface area contributed by atoms with E-state index in [0.29, 0.717) is 22.7 Å². The van der Waals surface area contributed by atoms with E-state index in [-0.39, 0.29) is 16.5 Å². The molecule has 3 aromatic rings. The highest BCUT2D eigenvalue weighted by Crippen LogP contribution is 2.36. The Morgan fingerprint density at radius 3 is 2.57 bits per heavy atom. The molecule has 1 saturated heterocycles. The van der Waals surface area contributed by atoms with Crippen molar-refractivity contribution in [1.29, 1.82) is 0 Å². The molecule has 1 aliphatic heterocycles. The van der Waals surface area contributed by atoms with Crippen LogP contribution in [0, 0.1) is 10.1 Å². The fourth-order valence-electron chi connectivity index (χ4n) is 3.18. The molecule has 0 aliphatic carbocycles. The maximum atomic E-state index is 12.8. The van der Waals surface area contributed by atoms with Gasteiger partial charge in [-0.25, -0.2) is 4.98 Å². The number of thioether (sulfide) groups is 1. The van der Waals surface area contributed by atoms with Crippen LogP contribution in [0.15, 0.2) is 70.2 Å². The van der Waals surface area contributed by atoms with Crippen molar-refractivity contribution >= 4 is 62.2 Å². The standard InChI is InChI=1S/C24H17BrN4O7S/c1-35-19-10-14(2-8-18(19)36-22-9-7-17(12-26-22)29(33)34)11-20-23(31)28(24(32)37-20)13-21(30)27-16-5-3-15(25)4-6-16/h2-12H,13H2,1H3,(H,27,30)/b20-11+. The number of amides is 3. The molecule has 0 bridgehead atoms. The highest BCUT2D eigenvalue weighted by Gasteiger charge is 2.36. The number of anilines is 1. The second-order valence-corrected chi connectivity index (χ2v) is 9.36. The van der Waals surface area contributed by atoms with Crippen molar-refractivity contribution in [2.45, 2.75) is 0 Å². The number of halogens is 1. The molecule has 1 aromatic heterocycles. The molecule has 37 heavy (non-hydrogen) atoms. The minimum Gasteiger partial charge on any atom is -0.493 e. The molecular weight excluding hydrogens is 568 g/mol. The number of nitrogens with one attached hydrogen (secondary N) is 1. The Kier molecular flexibility index (Phi) is 7.84. The van der Waals surface area contributed by atoms with E-state index in [1.165, 1.54) is 25.3 Å². The van der Waals surface area contributed by atoms with Crippen LogP contribution < -0.4 is 14.8 Å². The first-order valence-electron chi connectivity index (χ1n) is 10.5. The molecule has 2 heterocycles. The van der Waals surface area contributed by atoms with Crippen LogP contribution in [0.5, 0.6) is 17.4 Å². The summed E-state index contributed by atoms with van der Waals surface area (Å²) in [6, 6.07) is 14.3. The smallest absolute Gasteiger partial charge is 0.294 e. The van der Waals surface area contributed by atoms with Crippen molar-refractivity contribution in [3.8, 4) is 17.4 Å². The molecule has 11 nitrogen and oxygen atoms in total. The number of methoxy groups -OCH3 is 1. The first-order chi connectivity index (χ1) is 17.7. The van der Waals surface area contributed by atoms with Crippen molar-refractivity contribution in [3.05, 3.63) is 85.8 Å². The Labute approximate surface area is 222 Å². The Balaban J connectivity index is 1.45. The molecule has 1 fully saturated rings. The predicted molar refractivity (Wildman–Crippen MR) is 139 cm³/mol. The molecule has 4 rings (SSSR count). The lowest BCUT2D eigenvalue weighted by Crippen LogP contribution is -2.36. The van der Waals surface area contributed by atoms with Crippen LogP contribution in [-0.4, -0.2) is 45.5 Å². The minimum absolute atomic E-state index is 0.124. The number of nitro groups is 1. The maximum Gasteiger partial charge on any atom is 0.294 e. The topological polar surface area (TPSA) is 141 Å². The molecule has 3 amide bonds. The molecule has 13 heteroatoms. The maximum absolute atomic E-state index is 12.8. The van der Waals surface area contributed by atoms with Gasteiger partial charge in [0, 0.05) is 22.3 Å². The molecule has 1 N–H and O–H groups in total. The Morgan fingerprint density at radius 1 is 1.16 bits per heavy atom. The van der Waals surface area contributed by atoms with Gasteiger partial charge in [0.05, 0.1) is 16.9 Å². The van der Waals surface area contributed by atoms with Gasteiger partial charge in [0.25, 0.3) is 16.8 Å². The molecule has 2 aromatic carbocycles. The number of imide groups is 1. The fourth-order valence-corrected chi connectivity index (χ4v) is 4.28. The molecule has 0 unspecified atom stereocenters. The predicted octanol–water partition coefficient (Wildman–Crippen LogP) is 5.23. The summed E-state index contributed by atoms with van der Waals surface area (Å²) in [7, 11) is 1.42. The number of nitrogens with zero attached hydrogens (tertiary/aromatic N) is 3. The summed E-state index contributed by atoms with van der Waals surface area (Å²) in [5.41, 5.74) is 0.911. The summed E-state index contributed by atoms with van der Waals surface area (Å²) < 4.78 is 11.9. The van der Waals surface area contributed by atoms with E-state index < -0.39 is 28.5 Å². The molecule has 188 valence electrons. The van der Waals surface area contributed by atoms with Gasteiger partial charge in [0.2, 0.25) is 11.8 Å². The zero-order valence-electron chi connectivity index (χ0n) is 19.0. The Bertz CT molecular complexity index is 1410. The first-order valence-corrected chi connectivity index (χ1v) is 12.1. The third-order valence-corrected chi connectivity index (χ3v) is 6.37. The number of carbonyl (C=O) groups is 3. The molecule has 0 saturated carbocycles. The second kappa shape index (κ2) is 11.2. The third-order valence-electron chi connectivity index (χ3n) is 4.93. The van der Waals surface area contributed by atoms with Gasteiger partial charge in [0.15, 0.2) is 11.5 Å². The van der Waals surface area contributed by atoms with E-state index in [9.17, 15) is 24.5 Å². The van der Waals surface area contributed by atoms with Gasteiger partial charge in [-0.2, -0.15) is 0 Å². The molecule has 0 radical (unpaired) electrons. The summed E-state index contributed by atoms with van der Waals surface area (Å²) in [6.45, 7) is -0.420. The van der Waals surface area contributed by atoms with Crippen molar-refractivity contribution in [3.63, 3.8) is 0 Å². The molecular formula is C24H17BrN4O7S. The minimum atomic E-state index is -0.588. The van der Waals surface area contributed by atoms with Gasteiger partial charge in [-0.15, -0.1) is 0 Å². The van der Waals surface area contributed by atoms with Gasteiger partial charge >= 0.3 is 0 Å². The van der Waals surface area contributed by atoms with Crippen LogP contribution in [-0.2, 0) is 9.59 Å². The van der Waals surface area contributed by atoms with Gasteiger partial charge in [-0.1, -0.05) is 22.0 Å². The van der Waals surface area contributed by atoms with E-state index in [4.69, 9.17) is 9.47 Å². The number of aromatic nitrogens is 1. The fraction of sp³-hybridized carbons (Fsp3) is 0.0833. The van der Waals surface area contributed by atoms with Crippen molar-refractivity contribution in [1.82, 2.24) is 9.88 Å². The molecule has 0 atom stereocenters. The molecule has 0 spiro atoms. The van der Waals surface area contributed by atoms with Crippen molar-refractivity contribution in [2.24, 2.45) is 0 Å². The summed E-state index contributed by atoms with van der Waals surface area (Å²) in [4.78, 5) is 52.7. The van der Waals surface area contributed by atoms with E-state index in [1.807, 2.05) is 0 Å². The summed E-state index contributed by atoms with van der Waals surface area (Å²) in [5.74, 6) is -0.371. The third kappa shape index (κ3) is 6.32. The van der Waals surface area contributed by atoms with Crippen LogP contribution in [0.2, 0.25) is 0 Å². The number of benzene rings is 2. The summed E-state index contributed by atoms with van der Waals surface area (Å²) in [5, 5.41) is 12.9. The lowest BCUT2D eigenvalue weighted by atomic mass is 10.2. The van der Waals surface area contributed by atoms with Crippen molar-refractivity contribution in [2.75, 3.05) is 19.0 Å². The van der Waals surface area contributed by atoms with Crippen molar-refractivity contribution < 1.29 is 28.8 Å². The summed E-state index contributed by atoms with van der Waals surface area (Å²) in [6.07, 6.45) is 2.58. The monoisotopic (exact) mass is 584 g/mol. The zero-order chi connectivity index (χ0) is 26.5. The number of hydrogen-bond donors (Lipinski definition) is 1. The second-order valence-electron chi connectivity index (χ2n) is 7.45.